The van der Waals surface area contributed by atoms with Crippen LogP contribution in [0.1, 0.15) is 51.9 Å². The number of nitrogens with zero attached hydrogens (tertiary/aromatic N) is 4. The van der Waals surface area contributed by atoms with Crippen LogP contribution in [-0.4, -0.2) is 58.9 Å². The van der Waals surface area contributed by atoms with Crippen LogP contribution in [0.25, 0.3) is 11.5 Å². The van der Waals surface area contributed by atoms with Gasteiger partial charge in [0.15, 0.2) is 11.8 Å². The highest BCUT2D eigenvalue weighted by atomic mass is 16.6. The lowest BCUT2D eigenvalue weighted by molar-refractivity contribution is 0.0507. The van der Waals surface area contributed by atoms with E-state index in [0.717, 1.165) is 48.7 Å². The first-order valence-corrected chi connectivity index (χ1v) is 11.1. The first-order chi connectivity index (χ1) is 15.3. The molecule has 2 N–H and O–H groups in total. The molecule has 3 rings (SSSR count). The number of carbonyl (C=O) groups excluding carboxylic acids is 1. The molecule has 1 fully saturated rings. The van der Waals surface area contributed by atoms with Gasteiger partial charge in [0, 0.05) is 38.7 Å². The van der Waals surface area contributed by atoms with Gasteiger partial charge >= 0.3 is 6.09 Å². The van der Waals surface area contributed by atoms with E-state index in [2.05, 4.69) is 37.6 Å². The molecule has 1 atom stereocenters. The molecular weight excluding hydrogens is 408 g/mol. The van der Waals surface area contributed by atoms with Crippen molar-refractivity contribution >= 4 is 12.1 Å². The van der Waals surface area contributed by atoms with Crippen molar-refractivity contribution in [1.29, 1.82) is 0 Å². The molecule has 0 spiro atoms. The van der Waals surface area contributed by atoms with E-state index in [1.807, 2.05) is 45.0 Å². The van der Waals surface area contributed by atoms with E-state index in [4.69, 9.17) is 9.26 Å². The van der Waals surface area contributed by atoms with Crippen LogP contribution in [0.2, 0.25) is 0 Å². The monoisotopic (exact) mass is 442 g/mol. The molecule has 1 aromatic carbocycles. The van der Waals surface area contributed by atoms with Crippen molar-refractivity contribution < 1.29 is 14.1 Å². The first kappa shape index (κ1) is 23.6. The van der Waals surface area contributed by atoms with Gasteiger partial charge in [0.05, 0.1) is 6.04 Å². The molecule has 1 aromatic heterocycles. The van der Waals surface area contributed by atoms with Crippen molar-refractivity contribution in [2.45, 2.75) is 65.1 Å². The molecule has 0 radical (unpaired) electrons. The largest absolute Gasteiger partial charge is 0.444 e. The summed E-state index contributed by atoms with van der Waals surface area (Å²) >= 11 is 0. The second-order valence-corrected chi connectivity index (χ2v) is 8.94. The number of hydrogen-bond donors (Lipinski definition) is 2. The van der Waals surface area contributed by atoms with Gasteiger partial charge in [-0.05, 0) is 51.3 Å². The van der Waals surface area contributed by atoms with Gasteiger partial charge in [0.2, 0.25) is 0 Å². The third kappa shape index (κ3) is 6.70. The minimum Gasteiger partial charge on any atom is -0.444 e. The van der Waals surface area contributed by atoms with E-state index in [-0.39, 0.29) is 12.1 Å². The van der Waals surface area contributed by atoms with E-state index >= 15 is 0 Å². The fourth-order valence-corrected chi connectivity index (χ4v) is 3.57. The standard InChI is InChI=1S/C23H34N6O3/c1-6-8-19-27-20(32-28-19)17-10-7-9-16(13-17)14-25-21(24-5)29-12-11-18(15-29)26-22(30)31-23(2,3)4/h7,9-10,13,18H,6,8,11-12,14-15H2,1-5H3,(H,24,25)(H,26,30). The molecule has 1 amide bonds. The second kappa shape index (κ2) is 10.5. The molecule has 9 nitrogen and oxygen atoms in total. The zero-order valence-electron chi connectivity index (χ0n) is 19.6. The Hall–Kier alpha value is -3.10. The Morgan fingerprint density at radius 1 is 1.38 bits per heavy atom. The highest BCUT2D eigenvalue weighted by molar-refractivity contribution is 5.80. The molecule has 1 aliphatic rings. The van der Waals surface area contributed by atoms with Crippen molar-refractivity contribution in [3.8, 4) is 11.5 Å². The quantitative estimate of drug-likeness (QED) is 0.522. The van der Waals surface area contributed by atoms with E-state index in [0.29, 0.717) is 19.0 Å². The lowest BCUT2D eigenvalue weighted by Gasteiger charge is -2.23. The lowest BCUT2D eigenvalue weighted by Crippen LogP contribution is -2.44. The second-order valence-electron chi connectivity index (χ2n) is 8.94. The third-order valence-corrected chi connectivity index (χ3v) is 4.99. The molecule has 1 saturated heterocycles. The highest BCUT2D eigenvalue weighted by Crippen LogP contribution is 2.19. The summed E-state index contributed by atoms with van der Waals surface area (Å²) in [4.78, 5) is 23.1. The van der Waals surface area contributed by atoms with E-state index in [1.165, 1.54) is 0 Å². The predicted octanol–water partition coefficient (Wildman–Crippen LogP) is 3.36. The zero-order valence-corrected chi connectivity index (χ0v) is 19.6. The Morgan fingerprint density at radius 3 is 2.91 bits per heavy atom. The summed E-state index contributed by atoms with van der Waals surface area (Å²) in [7, 11) is 1.76. The van der Waals surface area contributed by atoms with Gasteiger partial charge in [0.1, 0.15) is 5.60 Å². The molecule has 9 heteroatoms. The molecule has 2 aromatic rings. The normalized spacial score (nSPS) is 16.8. The molecule has 32 heavy (non-hydrogen) atoms. The van der Waals surface area contributed by atoms with Crippen molar-refractivity contribution in [3.05, 3.63) is 35.7 Å². The summed E-state index contributed by atoms with van der Waals surface area (Å²) in [6, 6.07) is 8.07. The number of ether oxygens (including phenoxy) is 1. The number of carbonyl (C=O) groups is 1. The zero-order chi connectivity index (χ0) is 23.1. The van der Waals surface area contributed by atoms with Gasteiger partial charge in [-0.15, -0.1) is 0 Å². The molecule has 0 aliphatic carbocycles. The van der Waals surface area contributed by atoms with Crippen LogP contribution in [0, 0.1) is 0 Å². The number of aryl methyl sites for hydroxylation is 1. The Balaban J connectivity index is 1.54. The van der Waals surface area contributed by atoms with Crippen molar-refractivity contribution in [1.82, 2.24) is 25.7 Å². The summed E-state index contributed by atoms with van der Waals surface area (Å²) in [5, 5.41) is 10.4. The molecule has 1 unspecified atom stereocenters. The van der Waals surface area contributed by atoms with Gasteiger partial charge in [0.25, 0.3) is 5.89 Å². The smallest absolute Gasteiger partial charge is 0.407 e. The number of aromatic nitrogens is 2. The number of likely N-dealkylation sites (tertiary alicyclic amines) is 1. The lowest BCUT2D eigenvalue weighted by atomic mass is 10.1. The SMILES string of the molecule is CCCc1noc(-c2cccc(CNC(=NC)N3CCC(NC(=O)OC(C)(C)C)C3)c2)n1. The highest BCUT2D eigenvalue weighted by Gasteiger charge is 2.27. The number of guanidine groups is 1. The number of benzene rings is 1. The number of rotatable bonds is 6. The van der Waals surface area contributed by atoms with Crippen molar-refractivity contribution in [2.24, 2.45) is 4.99 Å². The predicted molar refractivity (Wildman–Crippen MR) is 123 cm³/mol. The minimum absolute atomic E-state index is 0.0292. The maximum atomic E-state index is 12.0. The van der Waals surface area contributed by atoms with Crippen molar-refractivity contribution in [3.63, 3.8) is 0 Å². The van der Waals surface area contributed by atoms with Crippen LogP contribution in [0.15, 0.2) is 33.8 Å². The molecule has 1 aliphatic heterocycles. The summed E-state index contributed by atoms with van der Waals surface area (Å²) in [5.41, 5.74) is 1.48. The fourth-order valence-electron chi connectivity index (χ4n) is 3.57. The summed E-state index contributed by atoms with van der Waals surface area (Å²) in [6.07, 6.45) is 2.24. The Bertz CT molecular complexity index is 934. The van der Waals surface area contributed by atoms with E-state index in [9.17, 15) is 4.79 Å². The van der Waals surface area contributed by atoms with Crippen LogP contribution in [-0.2, 0) is 17.7 Å². The average molecular weight is 443 g/mol. The minimum atomic E-state index is -0.507. The van der Waals surface area contributed by atoms with E-state index < -0.39 is 5.60 Å². The number of aliphatic imine (C=N–C) groups is 1. The topological polar surface area (TPSA) is 105 Å². The third-order valence-electron chi connectivity index (χ3n) is 4.99. The van der Waals surface area contributed by atoms with Gasteiger partial charge in [-0.3, -0.25) is 4.99 Å². The Kier molecular flexibility index (Phi) is 7.71. The van der Waals surface area contributed by atoms with Crippen LogP contribution in [0.4, 0.5) is 4.79 Å². The molecule has 0 saturated carbocycles. The first-order valence-electron chi connectivity index (χ1n) is 11.1. The average Bonchev–Trinajstić information content (AvgIpc) is 3.38. The van der Waals surface area contributed by atoms with Gasteiger partial charge in [-0.1, -0.05) is 24.2 Å². The van der Waals surface area contributed by atoms with Crippen LogP contribution >= 0.6 is 0 Å². The summed E-state index contributed by atoms with van der Waals surface area (Å²) < 4.78 is 10.8. The maximum Gasteiger partial charge on any atom is 0.407 e. The maximum absolute atomic E-state index is 12.0. The van der Waals surface area contributed by atoms with Crippen LogP contribution in [0.3, 0.4) is 0 Å². The van der Waals surface area contributed by atoms with Gasteiger partial charge in [-0.2, -0.15) is 4.98 Å². The molecule has 0 bridgehead atoms. The molecule has 2 heterocycles. The summed E-state index contributed by atoms with van der Waals surface area (Å²) in [5.74, 6) is 2.07. The molecular formula is C23H34N6O3. The van der Waals surface area contributed by atoms with Crippen LogP contribution in [0.5, 0.6) is 0 Å². The van der Waals surface area contributed by atoms with Gasteiger partial charge in [-0.25, -0.2) is 4.79 Å². The fraction of sp³-hybridized carbons (Fsp3) is 0.565. The number of nitrogens with one attached hydrogen (secondary N) is 2. The van der Waals surface area contributed by atoms with Gasteiger partial charge < -0.3 is 24.8 Å². The van der Waals surface area contributed by atoms with E-state index in [1.54, 1.807) is 7.05 Å². The number of alkyl carbamates (subject to hydrolysis) is 1. The Labute approximate surface area is 189 Å². The number of hydrogen-bond acceptors (Lipinski definition) is 6. The number of amides is 1. The Morgan fingerprint density at radius 2 is 2.19 bits per heavy atom. The molecule has 174 valence electrons. The summed E-state index contributed by atoms with van der Waals surface area (Å²) in [6.45, 7) is 9.76. The van der Waals surface area contributed by atoms with Crippen molar-refractivity contribution in [2.75, 3.05) is 20.1 Å². The van der Waals surface area contributed by atoms with Crippen LogP contribution < -0.4 is 10.6 Å².